The summed E-state index contributed by atoms with van der Waals surface area (Å²) in [5.41, 5.74) is 16.8. The number of hydrogen-bond donors (Lipinski definition) is 16. The van der Waals surface area contributed by atoms with Gasteiger partial charge in [0.2, 0.25) is 59.1 Å². The van der Waals surface area contributed by atoms with E-state index in [9.17, 15) is 73.2 Å². The van der Waals surface area contributed by atoms with Crippen LogP contribution in [0.5, 0.6) is 0 Å². The van der Waals surface area contributed by atoms with Crippen molar-refractivity contribution >= 4 is 86.6 Å². The molecule has 10 atom stereocenters. The zero-order valence-corrected chi connectivity index (χ0v) is 36.7. The van der Waals surface area contributed by atoms with Crippen molar-refractivity contribution in [1.82, 2.24) is 52.5 Å². The number of imidazole rings is 1. The number of amides is 10. The van der Waals surface area contributed by atoms with E-state index in [1.165, 1.54) is 12.5 Å². The van der Waals surface area contributed by atoms with Gasteiger partial charge in [-0.3, -0.25) is 47.9 Å². The number of nitrogens with one attached hydrogen (secondary N) is 9. The second-order valence-corrected chi connectivity index (χ2v) is 17.1. The summed E-state index contributed by atoms with van der Waals surface area (Å²) in [5, 5.41) is 58.4. The Morgan fingerprint density at radius 1 is 0.692 bits per heavy atom. The number of carbonyl (C=O) groups excluding carboxylic acids is 10. The zero-order chi connectivity index (χ0) is 49.0. The van der Waals surface area contributed by atoms with Crippen molar-refractivity contribution in [2.75, 3.05) is 24.7 Å². The van der Waals surface area contributed by atoms with Gasteiger partial charge in [-0.1, -0.05) is 21.6 Å². The van der Waals surface area contributed by atoms with E-state index in [2.05, 4.69) is 52.5 Å². The Morgan fingerprint density at radius 3 is 1.71 bits per heavy atom. The number of aromatic nitrogens is 2. The molecule has 1 saturated heterocycles. The van der Waals surface area contributed by atoms with Gasteiger partial charge in [-0.05, 0) is 26.7 Å². The van der Waals surface area contributed by atoms with Crippen LogP contribution in [0.2, 0.25) is 0 Å². The number of aliphatic hydroxyl groups is 3. The number of aromatic amines is 1. The van der Waals surface area contributed by atoms with Crippen molar-refractivity contribution < 1.29 is 73.2 Å². The molecule has 30 heteroatoms. The Hall–Kier alpha value is -6.08. The number of primary amides is 2. The van der Waals surface area contributed by atoms with Crippen LogP contribution < -0.4 is 59.7 Å². The first kappa shape index (κ1) is 55.1. The summed E-state index contributed by atoms with van der Waals surface area (Å²) in [6.45, 7) is 0.253. The fraction of sp³-hybridized carbons (Fsp3) is 0.600. The third-order valence-corrected chi connectivity index (χ3v) is 11.6. The molecule has 0 spiro atoms. The average Bonchev–Trinajstić information content (AvgIpc) is 3.75. The molecule has 2 rings (SSSR count). The van der Waals surface area contributed by atoms with Gasteiger partial charge in [0.05, 0.1) is 37.7 Å². The number of aliphatic hydroxyl groups excluding tert-OH is 3. The Morgan fingerprint density at radius 2 is 1.18 bits per heavy atom. The van der Waals surface area contributed by atoms with Crippen LogP contribution in [0.15, 0.2) is 12.5 Å². The molecule has 0 saturated carbocycles. The quantitative estimate of drug-likeness (QED) is 0.0865. The molecule has 0 unspecified atom stereocenters. The lowest BCUT2D eigenvalue weighted by Crippen LogP contribution is -2.62. The van der Waals surface area contributed by atoms with Crippen LogP contribution in [-0.2, 0) is 59.2 Å². The molecule has 1 aromatic rings. The highest BCUT2D eigenvalue weighted by Gasteiger charge is 2.36. The molecule has 0 radical (unpaired) electrons. The second-order valence-electron chi connectivity index (χ2n) is 14.5. The Bertz CT molecular complexity index is 1870. The standard InChI is InChI=1S/C35H55N13O15S2/c1-14(50)26-33(60)40-9-25(54)42-21(10-49)32(59)48-27(15(2)51)34(61)44-19(4-6-24(38)53)29(56)45-20(7-16-8-39-13-41-16)31(58)43-18(3-5-23(37)52)30(57)46-22(35(62)63)12-65-64-11-17(36)28(55)47-26/h8,13-15,17-22,26-27,49-51H,3-7,9-12,36H2,1-2H3,(H2,37,52)(H2,38,53)(H,39,41)(H,40,60)(H,42,54)(H,43,58)(H,44,61)(H,45,56)(H,46,57)(H,47,55)(H,48,59)(H,62,63)/t14-,15-,17+,18+,19+,20+,21+,22+,26+,27+/m1/s1. The molecule has 1 aliphatic rings. The Labute approximate surface area is 378 Å². The van der Waals surface area contributed by atoms with Crippen molar-refractivity contribution in [3.8, 4) is 0 Å². The first-order valence-electron chi connectivity index (χ1n) is 19.7. The molecular formula is C35H55N13O15S2. The molecular weight excluding hydrogens is 907 g/mol. The van der Waals surface area contributed by atoms with E-state index in [0.29, 0.717) is 0 Å². The van der Waals surface area contributed by atoms with Crippen molar-refractivity contribution in [2.45, 2.75) is 106 Å². The van der Waals surface area contributed by atoms with E-state index in [4.69, 9.17) is 17.2 Å². The number of hydrogen-bond acceptors (Lipinski definition) is 18. The normalized spacial score (nSPS) is 26.6. The van der Waals surface area contributed by atoms with E-state index >= 15 is 0 Å². The van der Waals surface area contributed by atoms with Gasteiger partial charge < -0.3 is 85.1 Å². The molecule has 1 aromatic heterocycles. The zero-order valence-electron chi connectivity index (χ0n) is 35.1. The number of aliphatic carboxylic acids is 1. The maximum atomic E-state index is 13.9. The van der Waals surface area contributed by atoms with Gasteiger partial charge in [-0.2, -0.15) is 0 Å². The number of carbonyl (C=O) groups is 11. The number of H-pyrrole nitrogens is 1. The van der Waals surface area contributed by atoms with Gasteiger partial charge in [0.15, 0.2) is 0 Å². The Balaban J connectivity index is 2.59. The third-order valence-electron chi connectivity index (χ3n) is 9.14. The van der Waals surface area contributed by atoms with E-state index in [-0.39, 0.29) is 23.6 Å². The van der Waals surface area contributed by atoms with Crippen LogP contribution in [0, 0.1) is 0 Å². The topological polar surface area (TPSA) is 472 Å². The third kappa shape index (κ3) is 19.3. The van der Waals surface area contributed by atoms with Crippen LogP contribution in [0.25, 0.3) is 0 Å². The van der Waals surface area contributed by atoms with E-state index in [1.54, 1.807) is 0 Å². The summed E-state index contributed by atoms with van der Waals surface area (Å²) in [6, 6.07) is -13.3. The molecule has 1 aliphatic heterocycles. The molecule has 362 valence electrons. The molecule has 0 aliphatic carbocycles. The van der Waals surface area contributed by atoms with E-state index < -0.39 is 164 Å². The van der Waals surface area contributed by atoms with Crippen molar-refractivity contribution in [2.24, 2.45) is 17.2 Å². The summed E-state index contributed by atoms with van der Waals surface area (Å²) in [6.07, 6.45) is -3.05. The lowest BCUT2D eigenvalue weighted by Gasteiger charge is -2.28. The minimum absolute atomic E-state index is 0.195. The molecule has 0 bridgehead atoms. The SMILES string of the molecule is C[C@@H](O)[C@@H]1NC(=O)[C@H](CO)NC(=O)CNC(=O)[C@H]([C@@H](C)O)NC(=O)[C@@H](N)CSSC[C@@H](C(=O)O)NC(=O)[C@H](CCC(N)=O)NC(=O)[C@H](Cc2cnc[nH]2)NC(=O)[C@H](CCC(N)=O)NC1=O. The highest BCUT2D eigenvalue weighted by atomic mass is 33.1. The smallest absolute Gasteiger partial charge is 0.327 e. The lowest BCUT2D eigenvalue weighted by molar-refractivity contribution is -0.141. The van der Waals surface area contributed by atoms with E-state index in [0.717, 1.165) is 35.4 Å². The molecule has 65 heavy (non-hydrogen) atoms. The maximum absolute atomic E-state index is 13.9. The monoisotopic (exact) mass is 961 g/mol. The molecule has 10 amide bonds. The lowest BCUT2D eigenvalue weighted by atomic mass is 10.0. The van der Waals surface area contributed by atoms with Gasteiger partial charge in [0, 0.05) is 42.7 Å². The van der Waals surface area contributed by atoms with Crippen molar-refractivity contribution in [3.05, 3.63) is 18.2 Å². The number of rotatable bonds is 12. The molecule has 1 fully saturated rings. The minimum atomic E-state index is -1.91. The first-order valence-corrected chi connectivity index (χ1v) is 22.2. The van der Waals surface area contributed by atoms with Gasteiger partial charge in [0.1, 0.15) is 42.3 Å². The van der Waals surface area contributed by atoms with Crippen LogP contribution in [-0.4, -0.2) is 181 Å². The van der Waals surface area contributed by atoms with Gasteiger partial charge in [0.25, 0.3) is 0 Å². The molecule has 2 heterocycles. The van der Waals surface area contributed by atoms with Gasteiger partial charge in [-0.15, -0.1) is 0 Å². The number of carboxylic acid groups (broad SMARTS) is 1. The average molecular weight is 962 g/mol. The van der Waals surface area contributed by atoms with Crippen LogP contribution in [0.1, 0.15) is 45.2 Å². The Kier molecular flexibility index (Phi) is 23.1. The summed E-state index contributed by atoms with van der Waals surface area (Å²) in [7, 11) is 1.75. The van der Waals surface area contributed by atoms with Crippen LogP contribution in [0.4, 0.5) is 0 Å². The van der Waals surface area contributed by atoms with Crippen LogP contribution in [0.3, 0.4) is 0 Å². The highest BCUT2D eigenvalue weighted by Crippen LogP contribution is 2.23. The molecule has 0 aromatic carbocycles. The van der Waals surface area contributed by atoms with Crippen LogP contribution >= 0.6 is 21.6 Å². The summed E-state index contributed by atoms with van der Waals surface area (Å²) in [5.74, 6) is -12.8. The molecule has 19 N–H and O–H groups in total. The molecule has 28 nitrogen and oxygen atoms in total. The maximum Gasteiger partial charge on any atom is 0.327 e. The largest absolute Gasteiger partial charge is 0.480 e. The predicted molar refractivity (Wildman–Crippen MR) is 227 cm³/mol. The fourth-order valence-electron chi connectivity index (χ4n) is 5.54. The minimum Gasteiger partial charge on any atom is -0.480 e. The highest BCUT2D eigenvalue weighted by molar-refractivity contribution is 8.76. The summed E-state index contributed by atoms with van der Waals surface area (Å²) >= 11 is 0. The fourth-order valence-corrected chi connectivity index (χ4v) is 7.82. The van der Waals surface area contributed by atoms with Crippen molar-refractivity contribution in [1.29, 1.82) is 0 Å². The number of nitrogens with two attached hydrogens (primary N) is 3. The first-order chi connectivity index (χ1) is 30.5. The van der Waals surface area contributed by atoms with Crippen molar-refractivity contribution in [3.63, 3.8) is 0 Å². The number of nitrogens with zero attached hydrogens (tertiary/aromatic N) is 1. The number of carboxylic acids is 1. The summed E-state index contributed by atoms with van der Waals surface area (Å²) < 4.78 is 0. The van der Waals surface area contributed by atoms with E-state index in [1.807, 2.05) is 0 Å². The second kappa shape index (κ2) is 27.3. The van der Waals surface area contributed by atoms with Gasteiger partial charge in [-0.25, -0.2) is 9.78 Å². The predicted octanol–water partition coefficient (Wildman–Crippen LogP) is -8.45. The van der Waals surface area contributed by atoms with Gasteiger partial charge >= 0.3 is 5.97 Å². The summed E-state index contributed by atoms with van der Waals surface area (Å²) in [4.78, 5) is 149.